The Morgan fingerprint density at radius 3 is 2.30 bits per heavy atom. The minimum absolute atomic E-state index is 0.140. The Balaban J connectivity index is 1.76. The zero-order chi connectivity index (χ0) is 19.3. The Morgan fingerprint density at radius 2 is 1.63 bits per heavy atom. The lowest BCUT2D eigenvalue weighted by atomic mass is 10.1. The van der Waals surface area contributed by atoms with Gasteiger partial charge in [0.25, 0.3) is 15.9 Å². The number of halogens is 1. The Bertz CT molecular complexity index is 893. The molecule has 1 saturated carbocycles. The smallest absolute Gasteiger partial charge is 0.261 e. The fourth-order valence-corrected chi connectivity index (χ4v) is 4.54. The number of amides is 1. The summed E-state index contributed by atoms with van der Waals surface area (Å²) in [5, 5.41) is 3.33. The van der Waals surface area contributed by atoms with Crippen molar-refractivity contribution < 1.29 is 13.2 Å². The van der Waals surface area contributed by atoms with Crippen LogP contribution in [0, 0.1) is 0 Å². The number of hydrogen-bond donors (Lipinski definition) is 2. The van der Waals surface area contributed by atoms with E-state index in [4.69, 9.17) is 11.6 Å². The van der Waals surface area contributed by atoms with Gasteiger partial charge in [0.1, 0.15) is 0 Å². The molecular weight excluding hydrogens is 384 g/mol. The third-order valence-corrected chi connectivity index (χ3v) is 6.43. The van der Waals surface area contributed by atoms with E-state index in [1.807, 2.05) is 0 Å². The molecule has 1 aliphatic carbocycles. The van der Waals surface area contributed by atoms with Crippen molar-refractivity contribution in [3.63, 3.8) is 0 Å². The van der Waals surface area contributed by atoms with Gasteiger partial charge in [-0.05, 0) is 43.2 Å². The van der Waals surface area contributed by atoms with Crippen LogP contribution in [0.15, 0.2) is 53.4 Å². The predicted octanol–water partition coefficient (Wildman–Crippen LogP) is 4.59. The molecule has 3 rings (SSSR count). The number of nitrogens with one attached hydrogen (secondary N) is 2. The van der Waals surface area contributed by atoms with Crippen LogP contribution in [0.5, 0.6) is 0 Å². The highest BCUT2D eigenvalue weighted by molar-refractivity contribution is 7.92. The van der Waals surface area contributed by atoms with Crippen LogP contribution in [0.2, 0.25) is 5.02 Å². The minimum Gasteiger partial charge on any atom is -0.349 e. The van der Waals surface area contributed by atoms with Gasteiger partial charge in [-0.1, -0.05) is 55.5 Å². The second-order valence-corrected chi connectivity index (χ2v) is 8.86. The van der Waals surface area contributed by atoms with E-state index in [1.54, 1.807) is 24.3 Å². The summed E-state index contributed by atoms with van der Waals surface area (Å²) in [5.74, 6) is -0.271. The average Bonchev–Trinajstić information content (AvgIpc) is 2.92. The van der Waals surface area contributed by atoms with Crippen LogP contribution in [0.4, 0.5) is 5.69 Å². The molecule has 2 N–H and O–H groups in total. The fraction of sp³-hybridized carbons (Fsp3) is 0.350. The average molecular weight is 407 g/mol. The molecule has 2 aromatic carbocycles. The molecule has 1 fully saturated rings. The molecule has 27 heavy (non-hydrogen) atoms. The van der Waals surface area contributed by atoms with Crippen LogP contribution in [0.3, 0.4) is 0 Å². The highest BCUT2D eigenvalue weighted by Crippen LogP contribution is 2.24. The summed E-state index contributed by atoms with van der Waals surface area (Å²) in [4.78, 5) is 12.8. The van der Waals surface area contributed by atoms with E-state index in [-0.39, 0.29) is 22.4 Å². The predicted molar refractivity (Wildman–Crippen MR) is 108 cm³/mol. The molecule has 5 nitrogen and oxygen atoms in total. The molecule has 1 aliphatic rings. The van der Waals surface area contributed by atoms with Crippen molar-refractivity contribution >= 4 is 33.2 Å². The van der Waals surface area contributed by atoms with Crippen molar-refractivity contribution in [1.82, 2.24) is 5.32 Å². The first-order valence-electron chi connectivity index (χ1n) is 9.14. The number of anilines is 1. The van der Waals surface area contributed by atoms with Crippen molar-refractivity contribution in [2.24, 2.45) is 0 Å². The zero-order valence-corrected chi connectivity index (χ0v) is 16.5. The van der Waals surface area contributed by atoms with Crippen molar-refractivity contribution in [3.8, 4) is 0 Å². The molecule has 144 valence electrons. The molecule has 0 spiro atoms. The Hall–Kier alpha value is -2.05. The standard InChI is InChI=1S/C20H23ClN2O3S/c21-19-13-12-16(23-27(25,26)17-10-6-3-7-11-17)14-18(19)20(24)22-15-8-4-1-2-5-9-15/h3,6-7,10-15,23H,1-2,4-5,8-9H2,(H,22,24). The normalized spacial score (nSPS) is 15.7. The van der Waals surface area contributed by atoms with Crippen LogP contribution >= 0.6 is 11.6 Å². The highest BCUT2D eigenvalue weighted by Gasteiger charge is 2.19. The molecule has 0 aliphatic heterocycles. The summed E-state index contributed by atoms with van der Waals surface area (Å²) in [6.45, 7) is 0. The van der Waals surface area contributed by atoms with Gasteiger partial charge in [-0.2, -0.15) is 0 Å². The van der Waals surface area contributed by atoms with E-state index >= 15 is 0 Å². The van der Waals surface area contributed by atoms with Gasteiger partial charge in [-0.25, -0.2) is 8.42 Å². The van der Waals surface area contributed by atoms with E-state index in [9.17, 15) is 13.2 Å². The van der Waals surface area contributed by atoms with Gasteiger partial charge in [0.15, 0.2) is 0 Å². The van der Waals surface area contributed by atoms with Crippen LogP contribution < -0.4 is 10.0 Å². The van der Waals surface area contributed by atoms with Crippen molar-refractivity contribution in [2.45, 2.75) is 49.5 Å². The molecular formula is C20H23ClN2O3S. The summed E-state index contributed by atoms with van der Waals surface area (Å²) in [6.07, 6.45) is 6.53. The zero-order valence-electron chi connectivity index (χ0n) is 14.9. The number of sulfonamides is 1. The SMILES string of the molecule is O=C(NC1CCCCCC1)c1cc(NS(=O)(=O)c2ccccc2)ccc1Cl. The Morgan fingerprint density at radius 1 is 0.963 bits per heavy atom. The van der Waals surface area contributed by atoms with Gasteiger partial charge < -0.3 is 5.32 Å². The van der Waals surface area contributed by atoms with Crippen molar-refractivity contribution in [3.05, 3.63) is 59.1 Å². The quantitative estimate of drug-likeness (QED) is 0.713. The molecule has 0 radical (unpaired) electrons. The maximum atomic E-state index is 12.7. The number of hydrogen-bond acceptors (Lipinski definition) is 3. The first-order chi connectivity index (χ1) is 13.0. The monoisotopic (exact) mass is 406 g/mol. The van der Waals surface area contributed by atoms with E-state index in [2.05, 4.69) is 10.0 Å². The molecule has 0 aromatic heterocycles. The molecule has 1 amide bonds. The summed E-state index contributed by atoms with van der Waals surface area (Å²) in [6, 6.07) is 12.8. The van der Waals surface area contributed by atoms with E-state index < -0.39 is 10.0 Å². The number of carbonyl (C=O) groups is 1. The third kappa shape index (κ3) is 5.23. The molecule has 0 saturated heterocycles. The Labute approximate surface area is 165 Å². The summed E-state index contributed by atoms with van der Waals surface area (Å²) in [5.41, 5.74) is 0.573. The van der Waals surface area contributed by atoms with Gasteiger partial charge in [0.05, 0.1) is 15.5 Å². The van der Waals surface area contributed by atoms with Gasteiger partial charge >= 0.3 is 0 Å². The fourth-order valence-electron chi connectivity index (χ4n) is 3.26. The molecule has 7 heteroatoms. The minimum atomic E-state index is -3.73. The first kappa shape index (κ1) is 19.7. The van der Waals surface area contributed by atoms with Gasteiger partial charge in [0.2, 0.25) is 0 Å². The second kappa shape index (κ2) is 8.76. The highest BCUT2D eigenvalue weighted by atomic mass is 35.5. The first-order valence-corrected chi connectivity index (χ1v) is 11.0. The number of carbonyl (C=O) groups excluding carboxylic acids is 1. The lowest BCUT2D eigenvalue weighted by Gasteiger charge is -2.17. The number of benzene rings is 2. The third-order valence-electron chi connectivity index (χ3n) is 4.71. The molecule has 0 unspecified atom stereocenters. The lowest BCUT2D eigenvalue weighted by Crippen LogP contribution is -2.34. The second-order valence-electron chi connectivity index (χ2n) is 6.78. The molecule has 0 heterocycles. The molecule has 0 atom stereocenters. The summed E-state index contributed by atoms with van der Waals surface area (Å²) >= 11 is 6.19. The summed E-state index contributed by atoms with van der Waals surface area (Å²) < 4.78 is 27.5. The van der Waals surface area contributed by atoms with Crippen LogP contribution in [0.25, 0.3) is 0 Å². The van der Waals surface area contributed by atoms with Crippen LogP contribution in [-0.4, -0.2) is 20.4 Å². The van der Waals surface area contributed by atoms with Gasteiger partial charge in [-0.15, -0.1) is 0 Å². The van der Waals surface area contributed by atoms with Gasteiger partial charge in [-0.3, -0.25) is 9.52 Å². The topological polar surface area (TPSA) is 75.3 Å². The summed E-state index contributed by atoms with van der Waals surface area (Å²) in [7, 11) is -3.73. The van der Waals surface area contributed by atoms with Crippen LogP contribution in [-0.2, 0) is 10.0 Å². The maximum absolute atomic E-state index is 12.7. The molecule has 2 aromatic rings. The lowest BCUT2D eigenvalue weighted by molar-refractivity contribution is 0.0933. The Kier molecular flexibility index (Phi) is 6.39. The van der Waals surface area contributed by atoms with E-state index in [0.29, 0.717) is 10.7 Å². The van der Waals surface area contributed by atoms with Crippen molar-refractivity contribution in [1.29, 1.82) is 0 Å². The molecule has 0 bridgehead atoms. The van der Waals surface area contributed by atoms with Gasteiger partial charge in [0, 0.05) is 11.7 Å². The van der Waals surface area contributed by atoms with Crippen LogP contribution in [0.1, 0.15) is 48.9 Å². The largest absolute Gasteiger partial charge is 0.349 e. The van der Waals surface area contributed by atoms with E-state index in [1.165, 1.54) is 37.1 Å². The van der Waals surface area contributed by atoms with E-state index in [0.717, 1.165) is 25.7 Å². The number of rotatable bonds is 5. The van der Waals surface area contributed by atoms with Crippen molar-refractivity contribution in [2.75, 3.05) is 4.72 Å². The maximum Gasteiger partial charge on any atom is 0.261 e.